The normalized spacial score (nSPS) is 35.5. The third kappa shape index (κ3) is 2.58. The summed E-state index contributed by atoms with van der Waals surface area (Å²) in [6, 6.07) is -0.614. The molecule has 1 aliphatic heterocycles. The first-order valence-electron chi connectivity index (χ1n) is 7.50. The summed E-state index contributed by atoms with van der Waals surface area (Å²) in [6.45, 7) is 7.96. The minimum atomic E-state index is -0.737. The van der Waals surface area contributed by atoms with Gasteiger partial charge in [-0.3, -0.25) is 19.8 Å². The fourth-order valence-electron chi connectivity index (χ4n) is 3.54. The molecule has 2 rings (SSSR count). The second-order valence-electron chi connectivity index (χ2n) is 6.69. The van der Waals surface area contributed by atoms with Crippen LogP contribution in [0.15, 0.2) is 0 Å². The van der Waals surface area contributed by atoms with Crippen LogP contribution < -0.4 is 5.32 Å². The number of barbiturate groups is 1. The van der Waals surface area contributed by atoms with Crippen molar-refractivity contribution in [2.45, 2.75) is 53.0 Å². The molecule has 4 unspecified atom stereocenters. The second-order valence-corrected chi connectivity index (χ2v) is 6.69. The van der Waals surface area contributed by atoms with Gasteiger partial charge in [-0.15, -0.1) is 0 Å². The highest BCUT2D eigenvalue weighted by atomic mass is 16.2. The van der Waals surface area contributed by atoms with Crippen LogP contribution in [0.25, 0.3) is 0 Å². The Kier molecular flexibility index (Phi) is 4.16. The van der Waals surface area contributed by atoms with E-state index in [9.17, 15) is 14.4 Å². The molecule has 5 nitrogen and oxygen atoms in total. The lowest BCUT2D eigenvalue weighted by Gasteiger charge is -2.42. The van der Waals surface area contributed by atoms with Crippen molar-refractivity contribution in [3.8, 4) is 0 Å². The Morgan fingerprint density at radius 1 is 1.15 bits per heavy atom. The predicted molar refractivity (Wildman–Crippen MR) is 74.7 cm³/mol. The van der Waals surface area contributed by atoms with Gasteiger partial charge in [0.1, 0.15) is 5.92 Å². The van der Waals surface area contributed by atoms with Crippen LogP contribution in [0, 0.1) is 23.7 Å². The Bertz CT molecular complexity index is 433. The monoisotopic (exact) mass is 280 g/mol. The molecule has 4 amide bonds. The second kappa shape index (κ2) is 5.54. The highest BCUT2D eigenvalue weighted by molar-refractivity contribution is 6.16. The molecule has 2 aliphatic rings. The van der Waals surface area contributed by atoms with Gasteiger partial charge >= 0.3 is 6.03 Å². The van der Waals surface area contributed by atoms with Crippen molar-refractivity contribution < 1.29 is 14.4 Å². The van der Waals surface area contributed by atoms with Crippen molar-refractivity contribution in [2.24, 2.45) is 23.7 Å². The summed E-state index contributed by atoms with van der Waals surface area (Å²) in [5.41, 5.74) is 0. The summed E-state index contributed by atoms with van der Waals surface area (Å²) < 4.78 is 0. The third-order valence-corrected chi connectivity index (χ3v) is 4.62. The summed E-state index contributed by atoms with van der Waals surface area (Å²) in [4.78, 5) is 37.8. The smallest absolute Gasteiger partial charge is 0.277 e. The van der Waals surface area contributed by atoms with Gasteiger partial charge in [0.25, 0.3) is 0 Å². The van der Waals surface area contributed by atoms with E-state index in [-0.39, 0.29) is 23.8 Å². The fraction of sp³-hybridized carbons (Fsp3) is 0.800. The summed E-state index contributed by atoms with van der Waals surface area (Å²) in [7, 11) is 0. The van der Waals surface area contributed by atoms with E-state index < -0.39 is 17.9 Å². The van der Waals surface area contributed by atoms with Gasteiger partial charge in [-0.25, -0.2) is 4.79 Å². The van der Waals surface area contributed by atoms with Crippen LogP contribution in [0.3, 0.4) is 0 Å². The lowest BCUT2D eigenvalue weighted by molar-refractivity contribution is -0.147. The summed E-state index contributed by atoms with van der Waals surface area (Å²) in [5.74, 6) is -0.695. The molecule has 1 saturated carbocycles. The summed E-state index contributed by atoms with van der Waals surface area (Å²) >= 11 is 0. The van der Waals surface area contributed by atoms with Crippen LogP contribution >= 0.6 is 0 Å². The molecule has 1 N–H and O–H groups in total. The van der Waals surface area contributed by atoms with Gasteiger partial charge in [0, 0.05) is 6.04 Å². The van der Waals surface area contributed by atoms with Crippen LogP contribution in [0.5, 0.6) is 0 Å². The molecular weight excluding hydrogens is 256 g/mol. The molecule has 112 valence electrons. The van der Waals surface area contributed by atoms with E-state index in [2.05, 4.69) is 19.2 Å². The topological polar surface area (TPSA) is 66.5 Å². The number of urea groups is 1. The number of nitrogens with zero attached hydrogens (tertiary/aromatic N) is 1. The van der Waals surface area contributed by atoms with Crippen molar-refractivity contribution in [1.82, 2.24) is 10.2 Å². The average Bonchev–Trinajstić information content (AvgIpc) is 2.30. The minimum absolute atomic E-state index is 0.0759. The Morgan fingerprint density at radius 3 is 2.35 bits per heavy atom. The first kappa shape index (κ1) is 15.0. The number of imide groups is 2. The maximum atomic E-state index is 12.6. The highest BCUT2D eigenvalue weighted by Crippen LogP contribution is 2.34. The van der Waals surface area contributed by atoms with E-state index in [4.69, 9.17) is 0 Å². The van der Waals surface area contributed by atoms with Crippen molar-refractivity contribution in [2.75, 3.05) is 0 Å². The molecule has 5 heteroatoms. The Labute approximate surface area is 120 Å². The molecule has 4 atom stereocenters. The van der Waals surface area contributed by atoms with Crippen LogP contribution in [-0.2, 0) is 9.59 Å². The van der Waals surface area contributed by atoms with Gasteiger partial charge in [-0.05, 0) is 37.0 Å². The number of hydrogen-bond acceptors (Lipinski definition) is 3. The third-order valence-electron chi connectivity index (χ3n) is 4.62. The zero-order valence-electron chi connectivity index (χ0n) is 12.7. The maximum Gasteiger partial charge on any atom is 0.331 e. The number of carbonyl (C=O) groups is 3. The molecule has 1 saturated heterocycles. The standard InChI is InChI=1S/C15H24N2O3/c1-8(2)12-13(18)16-15(20)17(14(12)19)11-6-5-9(3)7-10(11)4/h8-12H,5-7H2,1-4H3,(H,16,18,20). The first-order chi connectivity index (χ1) is 9.32. The molecule has 0 aromatic carbocycles. The molecule has 0 aromatic rings. The summed E-state index contributed by atoms with van der Waals surface area (Å²) in [5, 5.41) is 2.35. The molecule has 1 aliphatic carbocycles. The predicted octanol–water partition coefficient (Wildman–Crippen LogP) is 2.16. The largest absolute Gasteiger partial charge is 0.331 e. The molecule has 0 spiro atoms. The van der Waals surface area contributed by atoms with E-state index in [0.29, 0.717) is 5.92 Å². The van der Waals surface area contributed by atoms with Gasteiger partial charge < -0.3 is 0 Å². The number of carbonyl (C=O) groups excluding carboxylic acids is 3. The van der Waals surface area contributed by atoms with Crippen molar-refractivity contribution >= 4 is 17.8 Å². The number of hydrogen-bond donors (Lipinski definition) is 1. The van der Waals surface area contributed by atoms with Crippen molar-refractivity contribution in [3.05, 3.63) is 0 Å². The quantitative estimate of drug-likeness (QED) is 0.788. The molecule has 20 heavy (non-hydrogen) atoms. The van der Waals surface area contributed by atoms with Crippen LogP contribution in [0.4, 0.5) is 4.79 Å². The van der Waals surface area contributed by atoms with Gasteiger partial charge in [0.15, 0.2) is 0 Å². The summed E-state index contributed by atoms with van der Waals surface area (Å²) in [6.07, 6.45) is 2.87. The van der Waals surface area contributed by atoms with Crippen molar-refractivity contribution in [1.29, 1.82) is 0 Å². The van der Waals surface area contributed by atoms with Crippen LogP contribution in [0.2, 0.25) is 0 Å². The van der Waals surface area contributed by atoms with E-state index in [1.807, 2.05) is 13.8 Å². The minimum Gasteiger partial charge on any atom is -0.277 e. The lowest BCUT2D eigenvalue weighted by atomic mass is 9.78. The van der Waals surface area contributed by atoms with E-state index >= 15 is 0 Å². The lowest BCUT2D eigenvalue weighted by Crippen LogP contribution is -2.63. The van der Waals surface area contributed by atoms with Gasteiger partial charge in [-0.1, -0.05) is 27.7 Å². The Balaban J connectivity index is 2.23. The Hall–Kier alpha value is -1.39. The van der Waals surface area contributed by atoms with E-state index in [1.165, 1.54) is 4.90 Å². The maximum absolute atomic E-state index is 12.6. The average molecular weight is 280 g/mol. The molecule has 0 radical (unpaired) electrons. The molecule has 2 fully saturated rings. The molecule has 0 bridgehead atoms. The number of amides is 4. The molecule has 1 heterocycles. The zero-order chi connectivity index (χ0) is 15.0. The fourth-order valence-corrected chi connectivity index (χ4v) is 3.54. The van der Waals surface area contributed by atoms with E-state index in [1.54, 1.807) is 0 Å². The van der Waals surface area contributed by atoms with Gasteiger partial charge in [0.2, 0.25) is 11.8 Å². The number of rotatable bonds is 2. The number of nitrogens with one attached hydrogen (secondary N) is 1. The van der Waals surface area contributed by atoms with E-state index in [0.717, 1.165) is 19.3 Å². The van der Waals surface area contributed by atoms with Gasteiger partial charge in [-0.2, -0.15) is 0 Å². The van der Waals surface area contributed by atoms with Crippen LogP contribution in [0.1, 0.15) is 47.0 Å². The van der Waals surface area contributed by atoms with Crippen LogP contribution in [-0.4, -0.2) is 28.8 Å². The first-order valence-corrected chi connectivity index (χ1v) is 7.50. The Morgan fingerprint density at radius 2 is 1.80 bits per heavy atom. The van der Waals surface area contributed by atoms with Gasteiger partial charge in [0.05, 0.1) is 0 Å². The highest BCUT2D eigenvalue weighted by Gasteiger charge is 2.46. The molecular formula is C15H24N2O3. The SMILES string of the molecule is CC1CCC(N2C(=O)NC(=O)C(C(C)C)C2=O)C(C)C1. The van der Waals surface area contributed by atoms with Crippen molar-refractivity contribution in [3.63, 3.8) is 0 Å². The zero-order valence-corrected chi connectivity index (χ0v) is 12.7. The molecule has 0 aromatic heterocycles.